The number of carboxylic acids is 1. The molecule has 1 aromatic rings. The third kappa shape index (κ3) is 2.55. The van der Waals surface area contributed by atoms with Crippen molar-refractivity contribution in [3.05, 3.63) is 28.8 Å². The zero-order valence-electron chi connectivity index (χ0n) is 11.2. The molecule has 1 aromatic carbocycles. The van der Waals surface area contributed by atoms with E-state index >= 15 is 0 Å². The van der Waals surface area contributed by atoms with Gasteiger partial charge in [0.25, 0.3) is 0 Å². The number of carboxylic acid groups (broad SMARTS) is 1. The van der Waals surface area contributed by atoms with E-state index in [4.69, 9.17) is 11.6 Å². The van der Waals surface area contributed by atoms with Gasteiger partial charge in [-0.25, -0.2) is 8.42 Å². The summed E-state index contributed by atoms with van der Waals surface area (Å²) in [5.41, 5.74) is 0.846. The van der Waals surface area contributed by atoms with Gasteiger partial charge in [-0.2, -0.15) is 4.31 Å². The number of aliphatic carboxylic acids is 1. The molecule has 1 aliphatic heterocycles. The molecular formula is C13H16ClNO4S. The monoisotopic (exact) mass is 317 g/mol. The average molecular weight is 318 g/mol. The number of hydrogen-bond acceptors (Lipinski definition) is 3. The van der Waals surface area contributed by atoms with Crippen LogP contribution in [-0.2, 0) is 14.8 Å². The van der Waals surface area contributed by atoms with Crippen LogP contribution >= 0.6 is 11.6 Å². The zero-order valence-corrected chi connectivity index (χ0v) is 12.8. The molecule has 20 heavy (non-hydrogen) atoms. The second kappa shape index (κ2) is 5.35. The Morgan fingerprint density at radius 1 is 1.45 bits per heavy atom. The molecule has 1 aliphatic rings. The topological polar surface area (TPSA) is 74.7 Å². The van der Waals surface area contributed by atoms with E-state index in [0.717, 1.165) is 9.87 Å². The van der Waals surface area contributed by atoms with Crippen molar-refractivity contribution < 1.29 is 18.3 Å². The maximum absolute atomic E-state index is 12.6. The first-order chi connectivity index (χ1) is 9.25. The highest BCUT2D eigenvalue weighted by Crippen LogP contribution is 2.33. The normalized spacial score (nSPS) is 23.9. The summed E-state index contributed by atoms with van der Waals surface area (Å²) in [6.45, 7) is 3.75. The van der Waals surface area contributed by atoms with Gasteiger partial charge in [0.05, 0.1) is 5.02 Å². The van der Waals surface area contributed by atoms with Crippen molar-refractivity contribution in [1.82, 2.24) is 4.31 Å². The van der Waals surface area contributed by atoms with Crippen LogP contribution in [0.1, 0.15) is 18.9 Å². The molecule has 0 spiro atoms. The van der Waals surface area contributed by atoms with Gasteiger partial charge in [0.2, 0.25) is 10.0 Å². The minimum absolute atomic E-state index is 0.0369. The number of carbonyl (C=O) groups is 1. The molecular weight excluding hydrogens is 302 g/mol. The highest BCUT2D eigenvalue weighted by atomic mass is 35.5. The number of sulfonamides is 1. The van der Waals surface area contributed by atoms with Crippen molar-refractivity contribution in [3.63, 3.8) is 0 Å². The Balaban J connectivity index is 2.47. The van der Waals surface area contributed by atoms with Gasteiger partial charge in [-0.15, -0.1) is 0 Å². The van der Waals surface area contributed by atoms with E-state index in [9.17, 15) is 18.3 Å². The van der Waals surface area contributed by atoms with Gasteiger partial charge < -0.3 is 5.11 Å². The van der Waals surface area contributed by atoms with Crippen LogP contribution in [0.5, 0.6) is 0 Å². The predicted octanol–water partition coefficient (Wildman–Crippen LogP) is 2.13. The standard InChI is InChI=1S/C13H16ClNO4S/c1-8-3-4-11(10(14)7-8)20(18,19)15-6-5-9(2)12(15)13(16)17/h3-4,7,9,12H,5-6H2,1-2H3,(H,16,17). The maximum Gasteiger partial charge on any atom is 0.322 e. The van der Waals surface area contributed by atoms with Crippen molar-refractivity contribution in [2.45, 2.75) is 31.2 Å². The van der Waals surface area contributed by atoms with Gasteiger partial charge in [-0.05, 0) is 37.0 Å². The first-order valence-electron chi connectivity index (χ1n) is 6.26. The SMILES string of the molecule is Cc1ccc(S(=O)(=O)N2CCC(C)C2C(=O)O)c(Cl)c1. The summed E-state index contributed by atoms with van der Waals surface area (Å²) in [6, 6.07) is 3.60. The quantitative estimate of drug-likeness (QED) is 0.926. The fourth-order valence-corrected chi connectivity index (χ4v) is 4.76. The molecule has 0 saturated carbocycles. The molecule has 0 bridgehead atoms. The number of aryl methyl sites for hydroxylation is 1. The van der Waals surface area contributed by atoms with Crippen LogP contribution in [0.4, 0.5) is 0 Å². The maximum atomic E-state index is 12.6. The molecule has 5 nitrogen and oxygen atoms in total. The fourth-order valence-electron chi connectivity index (χ4n) is 2.49. The van der Waals surface area contributed by atoms with E-state index in [1.165, 1.54) is 6.07 Å². The molecule has 1 heterocycles. The summed E-state index contributed by atoms with van der Waals surface area (Å²) in [4.78, 5) is 11.3. The van der Waals surface area contributed by atoms with Crippen molar-refractivity contribution in [2.24, 2.45) is 5.92 Å². The Morgan fingerprint density at radius 2 is 2.10 bits per heavy atom. The summed E-state index contributed by atoms with van der Waals surface area (Å²) >= 11 is 6.00. The number of nitrogens with zero attached hydrogens (tertiary/aromatic N) is 1. The van der Waals surface area contributed by atoms with E-state index in [1.54, 1.807) is 26.0 Å². The van der Waals surface area contributed by atoms with E-state index in [-0.39, 0.29) is 22.4 Å². The van der Waals surface area contributed by atoms with Gasteiger partial charge in [0.1, 0.15) is 10.9 Å². The van der Waals surface area contributed by atoms with E-state index < -0.39 is 22.0 Å². The summed E-state index contributed by atoms with van der Waals surface area (Å²) < 4.78 is 26.2. The Hall–Kier alpha value is -1.11. The number of halogens is 1. The second-order valence-electron chi connectivity index (χ2n) is 5.10. The summed E-state index contributed by atoms with van der Waals surface area (Å²) in [5.74, 6) is -1.34. The Morgan fingerprint density at radius 3 is 2.65 bits per heavy atom. The molecule has 1 N–H and O–H groups in total. The van der Waals surface area contributed by atoms with E-state index in [1.807, 2.05) is 0 Å². The summed E-state index contributed by atoms with van der Waals surface area (Å²) in [5, 5.41) is 9.36. The van der Waals surface area contributed by atoms with Crippen LogP contribution < -0.4 is 0 Å². The van der Waals surface area contributed by atoms with Crippen molar-refractivity contribution in [1.29, 1.82) is 0 Å². The molecule has 2 unspecified atom stereocenters. The van der Waals surface area contributed by atoms with Gasteiger partial charge in [0.15, 0.2) is 0 Å². The third-order valence-electron chi connectivity index (χ3n) is 3.58. The van der Waals surface area contributed by atoms with Gasteiger partial charge >= 0.3 is 5.97 Å². The van der Waals surface area contributed by atoms with Crippen LogP contribution in [0.2, 0.25) is 5.02 Å². The van der Waals surface area contributed by atoms with Crippen LogP contribution in [0.3, 0.4) is 0 Å². The van der Waals surface area contributed by atoms with Crippen LogP contribution in [0.25, 0.3) is 0 Å². The predicted molar refractivity (Wildman–Crippen MR) is 75.3 cm³/mol. The Labute approximate surface area is 123 Å². The molecule has 110 valence electrons. The highest BCUT2D eigenvalue weighted by Gasteiger charge is 2.44. The third-order valence-corrected chi connectivity index (χ3v) is 5.94. The lowest BCUT2D eigenvalue weighted by Crippen LogP contribution is -2.42. The fraction of sp³-hybridized carbons (Fsp3) is 0.462. The smallest absolute Gasteiger partial charge is 0.322 e. The molecule has 0 aromatic heterocycles. The number of benzene rings is 1. The van der Waals surface area contributed by atoms with Gasteiger partial charge in [-0.1, -0.05) is 24.6 Å². The number of rotatable bonds is 3. The lowest BCUT2D eigenvalue weighted by atomic mass is 10.0. The van der Waals surface area contributed by atoms with E-state index in [0.29, 0.717) is 6.42 Å². The average Bonchev–Trinajstić information content (AvgIpc) is 2.71. The Bertz CT molecular complexity index is 644. The second-order valence-corrected chi connectivity index (χ2v) is 7.36. The lowest BCUT2D eigenvalue weighted by molar-refractivity contribution is -0.141. The molecule has 1 saturated heterocycles. The lowest BCUT2D eigenvalue weighted by Gasteiger charge is -2.23. The molecule has 0 aliphatic carbocycles. The minimum Gasteiger partial charge on any atom is -0.480 e. The first-order valence-corrected chi connectivity index (χ1v) is 8.07. The highest BCUT2D eigenvalue weighted by molar-refractivity contribution is 7.89. The molecule has 0 radical (unpaired) electrons. The minimum atomic E-state index is -3.89. The van der Waals surface area contributed by atoms with Crippen LogP contribution in [-0.4, -0.2) is 36.4 Å². The van der Waals surface area contributed by atoms with Crippen LogP contribution in [0, 0.1) is 12.8 Å². The molecule has 7 heteroatoms. The van der Waals surface area contributed by atoms with Gasteiger partial charge in [0, 0.05) is 6.54 Å². The summed E-state index contributed by atoms with van der Waals surface area (Å²) in [6.07, 6.45) is 0.527. The van der Waals surface area contributed by atoms with E-state index in [2.05, 4.69) is 0 Å². The van der Waals surface area contributed by atoms with Crippen molar-refractivity contribution >= 4 is 27.6 Å². The first kappa shape index (κ1) is 15.3. The molecule has 2 rings (SSSR count). The molecule has 0 amide bonds. The summed E-state index contributed by atoms with van der Waals surface area (Å²) in [7, 11) is -3.89. The van der Waals surface area contributed by atoms with Crippen LogP contribution in [0.15, 0.2) is 23.1 Å². The van der Waals surface area contributed by atoms with Gasteiger partial charge in [-0.3, -0.25) is 4.79 Å². The molecule has 1 fully saturated rings. The Kier molecular flexibility index (Phi) is 4.09. The van der Waals surface area contributed by atoms with Crippen molar-refractivity contribution in [3.8, 4) is 0 Å². The number of hydrogen-bond donors (Lipinski definition) is 1. The van der Waals surface area contributed by atoms with Crippen molar-refractivity contribution in [2.75, 3.05) is 6.54 Å². The zero-order chi connectivity index (χ0) is 15.1. The molecule has 2 atom stereocenters. The largest absolute Gasteiger partial charge is 0.480 e.